The number of nitrogens with zero attached hydrogens (tertiary/aromatic N) is 2. The number of rotatable bonds is 6. The number of aromatic nitrogens is 1. The average Bonchev–Trinajstić information content (AvgIpc) is 2.88. The number of methoxy groups -OCH3 is 1. The summed E-state index contributed by atoms with van der Waals surface area (Å²) in [7, 11) is 1.64. The van der Waals surface area contributed by atoms with Crippen molar-refractivity contribution in [3.63, 3.8) is 0 Å². The molecule has 1 atom stereocenters. The van der Waals surface area contributed by atoms with E-state index in [1.165, 1.54) is 11.1 Å². The van der Waals surface area contributed by atoms with Crippen LogP contribution in [-0.4, -0.2) is 35.1 Å². The maximum atomic E-state index is 5.11. The molecule has 1 saturated heterocycles. The van der Waals surface area contributed by atoms with E-state index in [-0.39, 0.29) is 5.54 Å². The van der Waals surface area contributed by atoms with Crippen LogP contribution in [0.5, 0.6) is 5.88 Å². The molecule has 1 aliphatic rings. The van der Waals surface area contributed by atoms with Gasteiger partial charge in [-0.1, -0.05) is 36.4 Å². The van der Waals surface area contributed by atoms with Crippen molar-refractivity contribution in [2.24, 2.45) is 0 Å². The predicted molar refractivity (Wildman–Crippen MR) is 97.0 cm³/mol. The van der Waals surface area contributed by atoms with Gasteiger partial charge in [-0.15, -0.1) is 0 Å². The molecule has 0 bridgehead atoms. The monoisotopic (exact) mass is 325 g/mol. The third-order valence-electron chi connectivity index (χ3n) is 4.86. The van der Waals surface area contributed by atoms with Gasteiger partial charge in [-0.25, -0.2) is 4.98 Å². The van der Waals surface area contributed by atoms with Gasteiger partial charge in [0.1, 0.15) is 0 Å². The van der Waals surface area contributed by atoms with Crippen LogP contribution in [0.1, 0.15) is 31.4 Å². The number of nitrogens with one attached hydrogen (secondary N) is 1. The molecule has 1 aromatic heterocycles. The molecule has 2 heterocycles. The molecule has 4 heteroatoms. The minimum Gasteiger partial charge on any atom is -0.481 e. The first-order chi connectivity index (χ1) is 11.6. The lowest BCUT2D eigenvalue weighted by Gasteiger charge is -2.31. The van der Waals surface area contributed by atoms with Gasteiger partial charge in [-0.3, -0.25) is 4.90 Å². The second-order valence-corrected chi connectivity index (χ2v) is 7.17. The zero-order valence-corrected chi connectivity index (χ0v) is 14.8. The molecule has 4 nitrogen and oxygen atoms in total. The summed E-state index contributed by atoms with van der Waals surface area (Å²) in [6.45, 7) is 7.61. The lowest BCUT2D eigenvalue weighted by molar-refractivity contribution is 0.166. The molecule has 0 aliphatic carbocycles. The van der Waals surface area contributed by atoms with Gasteiger partial charge in [0.05, 0.1) is 7.11 Å². The molecule has 128 valence electrons. The Morgan fingerprint density at radius 1 is 1.17 bits per heavy atom. The normalized spacial score (nSPS) is 20.2. The van der Waals surface area contributed by atoms with Crippen LogP contribution in [0.25, 0.3) is 0 Å². The molecule has 2 aromatic rings. The largest absolute Gasteiger partial charge is 0.481 e. The van der Waals surface area contributed by atoms with Gasteiger partial charge in [-0.2, -0.15) is 0 Å². The Kier molecular flexibility index (Phi) is 5.17. The average molecular weight is 325 g/mol. The molecule has 3 rings (SSSR count). The van der Waals surface area contributed by atoms with Gasteiger partial charge in [0.15, 0.2) is 0 Å². The molecule has 1 N–H and O–H groups in total. The molecule has 0 unspecified atom stereocenters. The van der Waals surface area contributed by atoms with E-state index in [9.17, 15) is 0 Å². The van der Waals surface area contributed by atoms with Gasteiger partial charge in [0.25, 0.3) is 0 Å². The van der Waals surface area contributed by atoms with E-state index in [1.54, 1.807) is 7.11 Å². The molecule has 0 saturated carbocycles. The molecular weight excluding hydrogens is 298 g/mol. The van der Waals surface area contributed by atoms with Crippen LogP contribution in [0.3, 0.4) is 0 Å². The van der Waals surface area contributed by atoms with Crippen LogP contribution in [0.4, 0.5) is 0 Å². The summed E-state index contributed by atoms with van der Waals surface area (Å²) in [6.07, 6.45) is 3.04. The number of hydrogen-bond donors (Lipinski definition) is 1. The highest BCUT2D eigenvalue weighted by atomic mass is 16.5. The fourth-order valence-corrected chi connectivity index (χ4v) is 3.43. The zero-order chi connectivity index (χ0) is 17.0. The Morgan fingerprint density at radius 2 is 1.96 bits per heavy atom. The Labute approximate surface area is 144 Å². The van der Waals surface area contributed by atoms with Crippen molar-refractivity contribution in [2.75, 3.05) is 13.7 Å². The van der Waals surface area contributed by atoms with Crippen molar-refractivity contribution in [1.82, 2.24) is 15.2 Å². The predicted octanol–water partition coefficient (Wildman–Crippen LogP) is 3.23. The van der Waals surface area contributed by atoms with Gasteiger partial charge in [0.2, 0.25) is 5.88 Å². The lowest BCUT2D eigenvalue weighted by atomic mass is 9.99. The summed E-state index contributed by atoms with van der Waals surface area (Å²) < 4.78 is 5.11. The number of likely N-dealkylation sites (tertiary alicyclic amines) is 1. The van der Waals surface area contributed by atoms with Crippen LogP contribution < -0.4 is 10.1 Å². The number of pyridine rings is 1. The van der Waals surface area contributed by atoms with Crippen molar-refractivity contribution in [1.29, 1.82) is 0 Å². The Hall–Kier alpha value is -1.91. The van der Waals surface area contributed by atoms with E-state index >= 15 is 0 Å². The molecule has 0 spiro atoms. The highest BCUT2D eigenvalue weighted by Crippen LogP contribution is 2.30. The molecule has 24 heavy (non-hydrogen) atoms. The van der Waals surface area contributed by atoms with Crippen LogP contribution in [-0.2, 0) is 13.1 Å². The van der Waals surface area contributed by atoms with Crippen molar-refractivity contribution in [3.8, 4) is 5.88 Å². The van der Waals surface area contributed by atoms with Gasteiger partial charge in [0, 0.05) is 43.5 Å². The van der Waals surface area contributed by atoms with E-state index in [1.807, 2.05) is 12.3 Å². The number of hydrogen-bond acceptors (Lipinski definition) is 4. The Bertz CT molecular complexity index is 640. The summed E-state index contributed by atoms with van der Waals surface area (Å²) in [5.41, 5.74) is 2.78. The summed E-state index contributed by atoms with van der Waals surface area (Å²) in [4.78, 5) is 6.84. The SMILES string of the molecule is COc1ccc(CN[C@H]2CN(Cc3ccccc3)C(C)(C)C2)cn1. The van der Waals surface area contributed by atoms with Gasteiger partial charge >= 0.3 is 0 Å². The van der Waals surface area contributed by atoms with Crippen LogP contribution in [0.2, 0.25) is 0 Å². The van der Waals surface area contributed by atoms with Crippen LogP contribution in [0.15, 0.2) is 48.7 Å². The number of benzene rings is 1. The smallest absolute Gasteiger partial charge is 0.212 e. The summed E-state index contributed by atoms with van der Waals surface area (Å²) in [5, 5.41) is 3.68. The third-order valence-corrected chi connectivity index (χ3v) is 4.86. The summed E-state index contributed by atoms with van der Waals surface area (Å²) >= 11 is 0. The second kappa shape index (κ2) is 7.32. The highest BCUT2D eigenvalue weighted by Gasteiger charge is 2.37. The van der Waals surface area contributed by atoms with Gasteiger partial charge < -0.3 is 10.1 Å². The first-order valence-corrected chi connectivity index (χ1v) is 8.58. The van der Waals surface area contributed by atoms with Gasteiger partial charge in [-0.05, 0) is 31.4 Å². The topological polar surface area (TPSA) is 37.4 Å². The maximum absolute atomic E-state index is 5.11. The third kappa shape index (κ3) is 4.13. The van der Waals surface area contributed by atoms with E-state index in [4.69, 9.17) is 4.74 Å². The van der Waals surface area contributed by atoms with Crippen molar-refractivity contribution < 1.29 is 4.74 Å². The molecular formula is C20H27N3O. The quantitative estimate of drug-likeness (QED) is 0.885. The van der Waals surface area contributed by atoms with Crippen molar-refractivity contribution >= 4 is 0 Å². The molecule has 1 aromatic carbocycles. The van der Waals surface area contributed by atoms with Crippen molar-refractivity contribution in [2.45, 2.75) is 44.9 Å². The highest BCUT2D eigenvalue weighted by molar-refractivity contribution is 5.18. The van der Waals surface area contributed by atoms with Crippen LogP contribution in [0, 0.1) is 0 Å². The lowest BCUT2D eigenvalue weighted by Crippen LogP contribution is -2.37. The summed E-state index contributed by atoms with van der Waals surface area (Å²) in [5.74, 6) is 0.662. The molecule has 0 radical (unpaired) electrons. The van der Waals surface area contributed by atoms with Crippen LogP contribution >= 0.6 is 0 Å². The second-order valence-electron chi connectivity index (χ2n) is 7.17. The Morgan fingerprint density at radius 3 is 2.62 bits per heavy atom. The Balaban J connectivity index is 1.56. The van der Waals surface area contributed by atoms with E-state index in [0.29, 0.717) is 11.9 Å². The first-order valence-electron chi connectivity index (χ1n) is 8.58. The first kappa shape index (κ1) is 16.9. The zero-order valence-electron chi connectivity index (χ0n) is 14.8. The molecule has 0 amide bonds. The fourth-order valence-electron chi connectivity index (χ4n) is 3.43. The van der Waals surface area contributed by atoms with Crippen molar-refractivity contribution in [3.05, 3.63) is 59.8 Å². The van der Waals surface area contributed by atoms with E-state index in [2.05, 4.69) is 65.4 Å². The standard InChI is InChI=1S/C20H27N3O/c1-20(2)11-18(15-23(20)14-16-7-5-4-6-8-16)21-12-17-9-10-19(24-3)22-13-17/h4-10,13,18,21H,11-12,14-15H2,1-3H3/t18-/m1/s1. The minimum absolute atomic E-state index is 0.214. The fraction of sp³-hybridized carbons (Fsp3) is 0.450. The number of ether oxygens (including phenoxy) is 1. The minimum atomic E-state index is 0.214. The maximum Gasteiger partial charge on any atom is 0.212 e. The molecule has 1 aliphatic heterocycles. The molecule has 1 fully saturated rings. The summed E-state index contributed by atoms with van der Waals surface area (Å²) in [6, 6.07) is 15.2. The van der Waals surface area contributed by atoms with E-state index < -0.39 is 0 Å². The van der Waals surface area contributed by atoms with E-state index in [0.717, 1.165) is 26.1 Å².